The van der Waals surface area contributed by atoms with Crippen LogP contribution in [0.4, 0.5) is 11.4 Å². The Kier molecular flexibility index (Phi) is 5.61. The van der Waals surface area contributed by atoms with Gasteiger partial charge in [-0.1, -0.05) is 23.2 Å². The van der Waals surface area contributed by atoms with E-state index < -0.39 is 10.8 Å². The summed E-state index contributed by atoms with van der Waals surface area (Å²) in [6.45, 7) is 0. The van der Waals surface area contributed by atoms with Gasteiger partial charge in [0, 0.05) is 31.9 Å². The van der Waals surface area contributed by atoms with Crippen LogP contribution in [0.2, 0.25) is 10.0 Å². The summed E-state index contributed by atoms with van der Waals surface area (Å²) in [6.07, 6.45) is 0. The fourth-order valence-electron chi connectivity index (χ4n) is 2.01. The molecular weight excluding hydrogens is 369 g/mol. The summed E-state index contributed by atoms with van der Waals surface area (Å²) in [5, 5.41) is 13.5. The summed E-state index contributed by atoms with van der Waals surface area (Å²) in [5.74, 6) is -0.875. The zero-order valence-electron chi connectivity index (χ0n) is 13.2. The maximum absolute atomic E-state index is 12.3. The number of non-ortho nitro benzene ring substituents is 1. The predicted octanol–water partition coefficient (Wildman–Crippen LogP) is 3.86. The lowest BCUT2D eigenvalue weighted by atomic mass is 10.1. The average molecular weight is 382 g/mol. The van der Waals surface area contributed by atoms with E-state index in [1.807, 2.05) is 0 Å². The van der Waals surface area contributed by atoms with Crippen LogP contribution in [0.1, 0.15) is 20.7 Å². The summed E-state index contributed by atoms with van der Waals surface area (Å²) in [5.41, 5.74) is 0.433. The number of amides is 2. The Bertz CT molecular complexity index is 868. The first kappa shape index (κ1) is 18.7. The van der Waals surface area contributed by atoms with Gasteiger partial charge in [0.1, 0.15) is 0 Å². The first-order chi connectivity index (χ1) is 11.7. The van der Waals surface area contributed by atoms with Crippen LogP contribution in [-0.4, -0.2) is 35.7 Å². The van der Waals surface area contributed by atoms with Gasteiger partial charge in [-0.15, -0.1) is 0 Å². The van der Waals surface area contributed by atoms with Crippen LogP contribution >= 0.6 is 23.2 Å². The second-order valence-electron chi connectivity index (χ2n) is 5.27. The number of rotatable bonds is 4. The topological polar surface area (TPSA) is 92.6 Å². The minimum Gasteiger partial charge on any atom is -0.345 e. The van der Waals surface area contributed by atoms with Crippen molar-refractivity contribution in [1.29, 1.82) is 0 Å². The molecule has 0 spiro atoms. The van der Waals surface area contributed by atoms with E-state index in [9.17, 15) is 19.7 Å². The Morgan fingerprint density at radius 3 is 2.28 bits per heavy atom. The van der Waals surface area contributed by atoms with Gasteiger partial charge < -0.3 is 10.2 Å². The molecule has 0 aliphatic rings. The molecule has 0 aliphatic carbocycles. The number of nitro groups is 1. The molecule has 2 aromatic rings. The van der Waals surface area contributed by atoms with E-state index in [2.05, 4.69) is 5.32 Å². The van der Waals surface area contributed by atoms with Crippen molar-refractivity contribution >= 4 is 46.4 Å². The van der Waals surface area contributed by atoms with Crippen molar-refractivity contribution in [2.24, 2.45) is 0 Å². The van der Waals surface area contributed by atoms with Gasteiger partial charge in [0.2, 0.25) is 0 Å². The first-order valence-electron chi connectivity index (χ1n) is 6.97. The number of halogens is 2. The summed E-state index contributed by atoms with van der Waals surface area (Å²) < 4.78 is 0. The van der Waals surface area contributed by atoms with Crippen molar-refractivity contribution in [3.8, 4) is 0 Å². The Hall–Kier alpha value is -2.64. The predicted molar refractivity (Wildman–Crippen MR) is 95.5 cm³/mol. The van der Waals surface area contributed by atoms with Gasteiger partial charge in [0.05, 0.1) is 26.1 Å². The van der Waals surface area contributed by atoms with Gasteiger partial charge in [-0.25, -0.2) is 0 Å². The molecular formula is C16H13Cl2N3O4. The average Bonchev–Trinajstić information content (AvgIpc) is 2.55. The summed E-state index contributed by atoms with van der Waals surface area (Å²) in [4.78, 5) is 35.9. The molecule has 25 heavy (non-hydrogen) atoms. The van der Waals surface area contributed by atoms with Crippen LogP contribution in [0.5, 0.6) is 0 Å². The minimum atomic E-state index is -0.605. The van der Waals surface area contributed by atoms with E-state index in [4.69, 9.17) is 23.2 Å². The molecule has 7 nitrogen and oxygen atoms in total. The van der Waals surface area contributed by atoms with E-state index in [-0.39, 0.29) is 32.8 Å². The third-order valence-corrected chi connectivity index (χ3v) is 3.91. The summed E-state index contributed by atoms with van der Waals surface area (Å²) in [6, 6.07) is 8.01. The fraction of sp³-hybridized carbons (Fsp3) is 0.125. The third-order valence-electron chi connectivity index (χ3n) is 3.27. The number of anilines is 1. The zero-order valence-corrected chi connectivity index (χ0v) is 14.8. The van der Waals surface area contributed by atoms with Gasteiger partial charge in [-0.2, -0.15) is 0 Å². The van der Waals surface area contributed by atoms with Crippen molar-refractivity contribution in [1.82, 2.24) is 4.90 Å². The molecule has 0 radical (unpaired) electrons. The Labute approximate surface area is 153 Å². The molecule has 0 unspecified atom stereocenters. The highest BCUT2D eigenvalue weighted by molar-refractivity contribution is 6.35. The molecule has 1 N–H and O–H groups in total. The number of nitro benzene ring substituents is 1. The fourth-order valence-corrected chi connectivity index (χ4v) is 2.47. The summed E-state index contributed by atoms with van der Waals surface area (Å²) >= 11 is 12.0. The minimum absolute atomic E-state index is 0.0507. The van der Waals surface area contributed by atoms with Crippen molar-refractivity contribution in [3.63, 3.8) is 0 Å². The molecule has 0 saturated carbocycles. The molecule has 130 valence electrons. The van der Waals surface area contributed by atoms with Crippen molar-refractivity contribution < 1.29 is 14.5 Å². The third kappa shape index (κ3) is 4.26. The second kappa shape index (κ2) is 7.50. The number of nitrogens with zero attached hydrogens (tertiary/aromatic N) is 2. The Morgan fingerprint density at radius 1 is 1.04 bits per heavy atom. The van der Waals surface area contributed by atoms with Gasteiger partial charge in [-0.05, 0) is 24.3 Å². The quantitative estimate of drug-likeness (QED) is 0.642. The second-order valence-corrected chi connectivity index (χ2v) is 6.08. The molecule has 2 amide bonds. The molecule has 0 fully saturated rings. The highest BCUT2D eigenvalue weighted by Crippen LogP contribution is 2.25. The van der Waals surface area contributed by atoms with Gasteiger partial charge in [-0.3, -0.25) is 19.7 Å². The van der Waals surface area contributed by atoms with Gasteiger partial charge >= 0.3 is 0 Å². The SMILES string of the molecule is CN(C)C(=O)c1cc(NC(=O)c2ccc([N+](=O)[O-])cc2Cl)ccc1Cl. The van der Waals surface area contributed by atoms with E-state index in [1.165, 1.54) is 35.2 Å². The molecule has 0 heterocycles. The number of benzene rings is 2. The molecule has 0 aliphatic heterocycles. The standard InChI is InChI=1S/C16H13Cl2N3O4/c1-20(2)16(23)12-7-9(3-6-13(12)17)19-15(22)11-5-4-10(21(24)25)8-14(11)18/h3-8H,1-2H3,(H,19,22). The molecule has 0 bridgehead atoms. The smallest absolute Gasteiger partial charge is 0.270 e. The number of nitrogens with one attached hydrogen (secondary N) is 1. The lowest BCUT2D eigenvalue weighted by Gasteiger charge is -2.13. The maximum atomic E-state index is 12.3. The van der Waals surface area contributed by atoms with E-state index >= 15 is 0 Å². The van der Waals surface area contributed by atoms with Crippen LogP contribution in [0.3, 0.4) is 0 Å². The Balaban J connectivity index is 2.28. The number of carbonyl (C=O) groups is 2. The van der Waals surface area contributed by atoms with Crippen molar-refractivity contribution in [2.45, 2.75) is 0 Å². The monoisotopic (exact) mass is 381 g/mol. The number of hydrogen-bond donors (Lipinski definition) is 1. The lowest BCUT2D eigenvalue weighted by Crippen LogP contribution is -2.22. The van der Waals surface area contributed by atoms with E-state index in [0.29, 0.717) is 5.69 Å². The Morgan fingerprint density at radius 2 is 1.72 bits per heavy atom. The van der Waals surface area contributed by atoms with Crippen LogP contribution in [0.25, 0.3) is 0 Å². The van der Waals surface area contributed by atoms with Crippen molar-refractivity contribution in [3.05, 3.63) is 67.7 Å². The normalized spacial score (nSPS) is 10.2. The molecule has 0 saturated heterocycles. The van der Waals surface area contributed by atoms with Crippen LogP contribution in [0.15, 0.2) is 36.4 Å². The molecule has 2 aromatic carbocycles. The van der Waals surface area contributed by atoms with E-state index in [0.717, 1.165) is 6.07 Å². The van der Waals surface area contributed by atoms with E-state index in [1.54, 1.807) is 14.1 Å². The van der Waals surface area contributed by atoms with Crippen LogP contribution in [-0.2, 0) is 0 Å². The zero-order chi connectivity index (χ0) is 18.7. The molecule has 0 atom stereocenters. The summed E-state index contributed by atoms with van der Waals surface area (Å²) in [7, 11) is 3.17. The maximum Gasteiger partial charge on any atom is 0.270 e. The highest BCUT2D eigenvalue weighted by atomic mass is 35.5. The largest absolute Gasteiger partial charge is 0.345 e. The van der Waals surface area contributed by atoms with Gasteiger partial charge in [0.25, 0.3) is 17.5 Å². The van der Waals surface area contributed by atoms with Gasteiger partial charge in [0.15, 0.2) is 0 Å². The number of hydrogen-bond acceptors (Lipinski definition) is 4. The first-order valence-corrected chi connectivity index (χ1v) is 7.72. The molecule has 2 rings (SSSR count). The highest BCUT2D eigenvalue weighted by Gasteiger charge is 2.17. The lowest BCUT2D eigenvalue weighted by molar-refractivity contribution is -0.384. The van der Waals surface area contributed by atoms with Crippen molar-refractivity contribution in [2.75, 3.05) is 19.4 Å². The van der Waals surface area contributed by atoms with Crippen LogP contribution in [0, 0.1) is 10.1 Å². The molecule has 9 heteroatoms. The number of carbonyl (C=O) groups excluding carboxylic acids is 2. The molecule has 0 aromatic heterocycles. The van der Waals surface area contributed by atoms with Crippen LogP contribution < -0.4 is 5.32 Å².